The fraction of sp³-hybridized carbons (Fsp3) is 0.583. The molecule has 1 fully saturated rings. The Balaban J connectivity index is 0.00000242. The Morgan fingerprint density at radius 2 is 2.14 bits per heavy atom. The number of nitrogens with one attached hydrogen (secondary N) is 1. The molecule has 1 saturated carbocycles. The number of nitrogens with two attached hydrogens (primary N) is 1. The average Bonchev–Trinajstić information content (AvgIpc) is 3.21. The topological polar surface area (TPSA) is 108 Å². The second kappa shape index (κ2) is 7.60. The molecule has 0 aromatic carbocycles. The molecule has 22 heavy (non-hydrogen) atoms. The van der Waals surface area contributed by atoms with Crippen LogP contribution in [0.15, 0.2) is 10.3 Å². The van der Waals surface area contributed by atoms with Gasteiger partial charge in [-0.25, -0.2) is 17.9 Å². The third-order valence-electron chi connectivity index (χ3n) is 3.27. The third kappa shape index (κ3) is 4.11. The van der Waals surface area contributed by atoms with Crippen LogP contribution in [0.5, 0.6) is 5.75 Å². The first-order chi connectivity index (χ1) is 9.92. The number of carbonyl (C=O) groups excluding carboxylic acids is 1. The number of halogens is 1. The summed E-state index contributed by atoms with van der Waals surface area (Å²) in [5.74, 6) is -0.187. The van der Waals surface area contributed by atoms with Gasteiger partial charge in [-0.1, -0.05) is 0 Å². The fourth-order valence-electron chi connectivity index (χ4n) is 1.98. The highest BCUT2D eigenvalue weighted by molar-refractivity contribution is 7.91. The van der Waals surface area contributed by atoms with Gasteiger partial charge in [-0.05, 0) is 18.8 Å². The standard InChI is InChI=1S/C12H18N2O5S2.ClH/c1-18-9-5-10(11(15)19-2)20-12(9)21(16,17)14-8(6-13)7-3-4-7;/h5,7-8,14H,3-4,6,13H2,1-2H3;1H. The summed E-state index contributed by atoms with van der Waals surface area (Å²) in [7, 11) is -1.20. The van der Waals surface area contributed by atoms with Crippen molar-refractivity contribution in [3.63, 3.8) is 0 Å². The van der Waals surface area contributed by atoms with E-state index in [0.717, 1.165) is 24.2 Å². The molecule has 1 aromatic heterocycles. The number of carbonyl (C=O) groups is 1. The summed E-state index contributed by atoms with van der Waals surface area (Å²) in [5, 5.41) is 0. The number of methoxy groups -OCH3 is 2. The number of hydrogen-bond donors (Lipinski definition) is 2. The summed E-state index contributed by atoms with van der Waals surface area (Å²) < 4.78 is 37.1. The van der Waals surface area contributed by atoms with Crippen molar-refractivity contribution in [3.05, 3.63) is 10.9 Å². The van der Waals surface area contributed by atoms with Crippen molar-refractivity contribution in [1.29, 1.82) is 0 Å². The maximum atomic E-state index is 12.4. The van der Waals surface area contributed by atoms with E-state index in [0.29, 0.717) is 0 Å². The Labute approximate surface area is 139 Å². The van der Waals surface area contributed by atoms with Gasteiger partial charge >= 0.3 is 5.97 Å². The summed E-state index contributed by atoms with van der Waals surface area (Å²) in [6.45, 7) is 0.238. The smallest absolute Gasteiger partial charge is 0.348 e. The highest BCUT2D eigenvalue weighted by Gasteiger charge is 2.35. The predicted molar refractivity (Wildman–Crippen MR) is 85.3 cm³/mol. The normalized spacial score (nSPS) is 15.8. The second-order valence-corrected chi connectivity index (χ2v) is 7.72. The molecule has 0 bridgehead atoms. The van der Waals surface area contributed by atoms with Gasteiger partial charge in [0.1, 0.15) is 4.88 Å². The molecule has 1 aliphatic rings. The lowest BCUT2D eigenvalue weighted by atomic mass is 10.2. The van der Waals surface area contributed by atoms with Crippen LogP contribution in [0.3, 0.4) is 0 Å². The van der Waals surface area contributed by atoms with E-state index in [1.807, 2.05) is 0 Å². The van der Waals surface area contributed by atoms with Crippen molar-refractivity contribution < 1.29 is 22.7 Å². The zero-order valence-corrected chi connectivity index (χ0v) is 14.6. The summed E-state index contributed by atoms with van der Waals surface area (Å²) >= 11 is 0.817. The molecule has 10 heteroatoms. The van der Waals surface area contributed by atoms with Gasteiger partial charge in [0, 0.05) is 18.7 Å². The van der Waals surface area contributed by atoms with Gasteiger partial charge in [-0.15, -0.1) is 23.7 Å². The first kappa shape index (κ1) is 19.2. The van der Waals surface area contributed by atoms with Crippen LogP contribution >= 0.6 is 23.7 Å². The van der Waals surface area contributed by atoms with Crippen molar-refractivity contribution in [2.45, 2.75) is 23.1 Å². The van der Waals surface area contributed by atoms with Crippen molar-refractivity contribution in [2.75, 3.05) is 20.8 Å². The van der Waals surface area contributed by atoms with Crippen LogP contribution in [0.1, 0.15) is 22.5 Å². The predicted octanol–water partition coefficient (Wildman–Crippen LogP) is 0.981. The molecule has 2 rings (SSSR count). The van der Waals surface area contributed by atoms with E-state index in [-0.39, 0.29) is 45.7 Å². The highest BCUT2D eigenvalue weighted by atomic mass is 35.5. The van der Waals surface area contributed by atoms with Crippen molar-refractivity contribution in [3.8, 4) is 5.75 Å². The van der Waals surface area contributed by atoms with Crippen LogP contribution in [0.2, 0.25) is 0 Å². The molecule has 1 heterocycles. The summed E-state index contributed by atoms with van der Waals surface area (Å²) in [6.07, 6.45) is 1.94. The lowest BCUT2D eigenvalue weighted by Crippen LogP contribution is -2.41. The minimum atomic E-state index is -3.78. The quantitative estimate of drug-likeness (QED) is 0.693. The van der Waals surface area contributed by atoms with Crippen LogP contribution in [-0.2, 0) is 14.8 Å². The van der Waals surface area contributed by atoms with Crippen molar-refractivity contribution in [2.24, 2.45) is 11.7 Å². The zero-order valence-electron chi connectivity index (χ0n) is 12.2. The minimum Gasteiger partial charge on any atom is -0.494 e. The van der Waals surface area contributed by atoms with E-state index in [1.165, 1.54) is 20.3 Å². The van der Waals surface area contributed by atoms with Crippen molar-refractivity contribution in [1.82, 2.24) is 4.72 Å². The second-order valence-electron chi connectivity index (χ2n) is 4.76. The first-order valence-electron chi connectivity index (χ1n) is 6.41. The van der Waals surface area contributed by atoms with E-state index in [4.69, 9.17) is 10.5 Å². The number of ether oxygens (including phenoxy) is 2. The molecule has 7 nitrogen and oxygen atoms in total. The Morgan fingerprint density at radius 3 is 2.59 bits per heavy atom. The molecule has 1 aromatic rings. The average molecular weight is 371 g/mol. The molecule has 0 radical (unpaired) electrons. The molecule has 0 spiro atoms. The van der Waals surface area contributed by atoms with Crippen LogP contribution in [0.4, 0.5) is 0 Å². The van der Waals surface area contributed by atoms with E-state index < -0.39 is 16.0 Å². The zero-order chi connectivity index (χ0) is 15.6. The molecule has 1 unspecified atom stereocenters. The van der Waals surface area contributed by atoms with Gasteiger partial charge in [0.2, 0.25) is 0 Å². The number of thiophene rings is 1. The maximum Gasteiger partial charge on any atom is 0.348 e. The van der Waals surface area contributed by atoms with Gasteiger partial charge in [0.05, 0.1) is 14.2 Å². The Morgan fingerprint density at radius 1 is 1.50 bits per heavy atom. The van der Waals surface area contributed by atoms with Gasteiger partial charge in [0.25, 0.3) is 10.0 Å². The Hall–Kier alpha value is -0.870. The molecule has 0 saturated heterocycles. The summed E-state index contributed by atoms with van der Waals surface area (Å²) in [4.78, 5) is 11.7. The number of rotatable bonds is 7. The SMILES string of the molecule is COC(=O)c1cc(OC)c(S(=O)(=O)NC(CN)C2CC2)s1.Cl. The Kier molecular flexibility index (Phi) is 6.63. The van der Waals surface area contributed by atoms with Gasteiger partial charge in [-0.3, -0.25) is 0 Å². The highest BCUT2D eigenvalue weighted by Crippen LogP contribution is 2.36. The van der Waals surface area contributed by atoms with E-state index in [1.54, 1.807) is 0 Å². The Bertz CT molecular complexity index is 627. The van der Waals surface area contributed by atoms with Gasteiger partial charge < -0.3 is 15.2 Å². The van der Waals surface area contributed by atoms with Gasteiger partial charge in [-0.2, -0.15) is 0 Å². The third-order valence-corrected chi connectivity index (χ3v) is 6.37. The van der Waals surface area contributed by atoms with Gasteiger partial charge in [0.15, 0.2) is 9.96 Å². The van der Waals surface area contributed by atoms with Crippen LogP contribution in [0, 0.1) is 5.92 Å². The van der Waals surface area contributed by atoms with E-state index in [9.17, 15) is 13.2 Å². The first-order valence-corrected chi connectivity index (χ1v) is 8.71. The lowest BCUT2D eigenvalue weighted by Gasteiger charge is -2.15. The fourth-order valence-corrected chi connectivity index (χ4v) is 4.81. The maximum absolute atomic E-state index is 12.4. The molecule has 0 aliphatic heterocycles. The van der Waals surface area contributed by atoms with Crippen LogP contribution in [0.25, 0.3) is 0 Å². The largest absolute Gasteiger partial charge is 0.494 e. The molecule has 0 amide bonds. The van der Waals surface area contributed by atoms with Crippen LogP contribution in [-0.4, -0.2) is 41.2 Å². The summed E-state index contributed by atoms with van der Waals surface area (Å²) in [5.41, 5.74) is 5.62. The number of esters is 1. The molecule has 3 N–H and O–H groups in total. The molecule has 1 aliphatic carbocycles. The molecule has 126 valence electrons. The van der Waals surface area contributed by atoms with Crippen LogP contribution < -0.4 is 15.2 Å². The molecule has 1 atom stereocenters. The number of hydrogen-bond acceptors (Lipinski definition) is 7. The van der Waals surface area contributed by atoms with E-state index >= 15 is 0 Å². The van der Waals surface area contributed by atoms with Crippen molar-refractivity contribution >= 4 is 39.7 Å². The molecular formula is C12H19ClN2O5S2. The summed E-state index contributed by atoms with van der Waals surface area (Å²) in [6, 6.07) is 1.07. The number of sulfonamides is 1. The minimum absolute atomic E-state index is 0. The van der Waals surface area contributed by atoms with E-state index in [2.05, 4.69) is 9.46 Å². The lowest BCUT2D eigenvalue weighted by molar-refractivity contribution is 0.0606. The monoisotopic (exact) mass is 370 g/mol. The molecular weight excluding hydrogens is 352 g/mol.